The lowest BCUT2D eigenvalue weighted by Gasteiger charge is -2.34. The molecule has 2 aliphatic heterocycles. The van der Waals surface area contributed by atoms with Crippen molar-refractivity contribution in [2.24, 2.45) is 0 Å². The van der Waals surface area contributed by atoms with Crippen molar-refractivity contribution in [2.75, 3.05) is 42.6 Å². The maximum absolute atomic E-state index is 5.59. The molecule has 6 rings (SSSR count). The second kappa shape index (κ2) is 8.59. The molecule has 166 valence electrons. The summed E-state index contributed by atoms with van der Waals surface area (Å²) in [5.74, 6) is 2.50. The highest BCUT2D eigenvalue weighted by Crippen LogP contribution is 2.31. The molecule has 3 aromatic heterocycles. The minimum atomic E-state index is 0.664. The van der Waals surface area contributed by atoms with E-state index in [-0.39, 0.29) is 0 Å². The van der Waals surface area contributed by atoms with Gasteiger partial charge in [-0.15, -0.1) is 0 Å². The third-order valence-electron chi connectivity index (χ3n) is 6.08. The largest absolute Gasteiger partial charge is 0.378 e. The van der Waals surface area contributed by atoms with Gasteiger partial charge in [-0.3, -0.25) is 0 Å². The first-order valence-electron chi connectivity index (χ1n) is 11.2. The van der Waals surface area contributed by atoms with Crippen molar-refractivity contribution in [1.29, 1.82) is 0 Å². The van der Waals surface area contributed by atoms with Crippen LogP contribution >= 0.6 is 0 Å². The van der Waals surface area contributed by atoms with E-state index in [0.29, 0.717) is 6.54 Å². The fourth-order valence-electron chi connectivity index (χ4n) is 4.39. The van der Waals surface area contributed by atoms with Crippen LogP contribution in [0.3, 0.4) is 0 Å². The topological polar surface area (TPSA) is 85.1 Å². The highest BCUT2D eigenvalue weighted by Gasteiger charge is 2.27. The molecular weight excluding hydrogens is 416 g/mol. The number of rotatable bonds is 4. The summed E-state index contributed by atoms with van der Waals surface area (Å²) in [6, 6.07) is 12.0. The lowest BCUT2D eigenvalue weighted by atomic mass is 10.0. The Morgan fingerprint density at radius 2 is 1.64 bits per heavy atom. The van der Waals surface area contributed by atoms with Gasteiger partial charge in [0, 0.05) is 55.5 Å². The molecule has 9 heteroatoms. The molecule has 0 radical (unpaired) electrons. The zero-order valence-electron chi connectivity index (χ0n) is 18.2. The maximum Gasteiger partial charge on any atom is 0.225 e. The molecule has 4 aromatic rings. The number of benzene rings is 1. The van der Waals surface area contributed by atoms with Crippen molar-refractivity contribution in [2.45, 2.75) is 13.0 Å². The van der Waals surface area contributed by atoms with Gasteiger partial charge < -0.3 is 14.5 Å². The van der Waals surface area contributed by atoms with Crippen LogP contribution in [0.1, 0.15) is 11.3 Å². The van der Waals surface area contributed by atoms with Crippen LogP contribution < -0.4 is 9.80 Å². The standard InChI is InChI=1S/C24H24N8O/c1-8-25-24(26-9-1)31-12-7-20-21(17-31)28-22(29-23(20)30-13-15-33-16-14-30)18-3-5-19(6-4-18)32-11-2-10-27-32/h1-6,8-11H,7,12-17H2. The van der Waals surface area contributed by atoms with E-state index >= 15 is 0 Å². The average molecular weight is 441 g/mol. The summed E-state index contributed by atoms with van der Waals surface area (Å²) in [7, 11) is 0. The van der Waals surface area contributed by atoms with Gasteiger partial charge in [-0.2, -0.15) is 5.10 Å². The van der Waals surface area contributed by atoms with E-state index in [2.05, 4.69) is 37.0 Å². The van der Waals surface area contributed by atoms with Gasteiger partial charge in [-0.05, 0) is 42.8 Å². The molecule has 5 heterocycles. The van der Waals surface area contributed by atoms with Crippen LogP contribution in [-0.2, 0) is 17.7 Å². The van der Waals surface area contributed by atoms with Gasteiger partial charge in [-0.25, -0.2) is 24.6 Å². The summed E-state index contributed by atoms with van der Waals surface area (Å²) in [6.45, 7) is 4.62. The maximum atomic E-state index is 5.59. The third kappa shape index (κ3) is 3.91. The van der Waals surface area contributed by atoms with Crippen molar-refractivity contribution in [3.8, 4) is 17.1 Å². The number of nitrogens with zero attached hydrogens (tertiary/aromatic N) is 8. The molecule has 2 aliphatic rings. The Bertz CT molecular complexity index is 1220. The number of ether oxygens (including phenoxy) is 1. The molecule has 1 fully saturated rings. The smallest absolute Gasteiger partial charge is 0.225 e. The number of anilines is 2. The molecule has 0 spiro atoms. The van der Waals surface area contributed by atoms with Crippen molar-refractivity contribution in [3.05, 3.63) is 72.4 Å². The molecule has 0 unspecified atom stereocenters. The van der Waals surface area contributed by atoms with Crippen molar-refractivity contribution in [3.63, 3.8) is 0 Å². The van der Waals surface area contributed by atoms with Gasteiger partial charge >= 0.3 is 0 Å². The second-order valence-corrected chi connectivity index (χ2v) is 8.11. The molecular formula is C24H24N8O. The van der Waals surface area contributed by atoms with Gasteiger partial charge in [0.05, 0.1) is 31.1 Å². The first-order valence-corrected chi connectivity index (χ1v) is 11.2. The summed E-state index contributed by atoms with van der Waals surface area (Å²) in [5, 5.41) is 4.31. The summed E-state index contributed by atoms with van der Waals surface area (Å²) < 4.78 is 7.43. The highest BCUT2D eigenvalue weighted by atomic mass is 16.5. The number of fused-ring (bicyclic) bond motifs is 1. The van der Waals surface area contributed by atoms with Crippen molar-refractivity contribution < 1.29 is 4.74 Å². The predicted molar refractivity (Wildman–Crippen MR) is 124 cm³/mol. The van der Waals surface area contributed by atoms with E-state index in [0.717, 1.165) is 73.8 Å². The van der Waals surface area contributed by atoms with Gasteiger partial charge in [0.15, 0.2) is 5.82 Å². The second-order valence-electron chi connectivity index (χ2n) is 8.11. The molecule has 1 saturated heterocycles. The van der Waals surface area contributed by atoms with E-state index < -0.39 is 0 Å². The van der Waals surface area contributed by atoms with Gasteiger partial charge in [0.2, 0.25) is 5.95 Å². The quantitative estimate of drug-likeness (QED) is 0.479. The molecule has 0 amide bonds. The van der Waals surface area contributed by atoms with Gasteiger partial charge in [0.1, 0.15) is 5.82 Å². The Morgan fingerprint density at radius 1 is 0.818 bits per heavy atom. The Balaban J connectivity index is 1.39. The number of hydrogen-bond acceptors (Lipinski definition) is 8. The Labute approximate surface area is 191 Å². The first kappa shape index (κ1) is 19.8. The third-order valence-corrected chi connectivity index (χ3v) is 6.08. The number of hydrogen-bond donors (Lipinski definition) is 0. The summed E-state index contributed by atoms with van der Waals surface area (Å²) in [4.78, 5) is 23.5. The monoisotopic (exact) mass is 440 g/mol. The van der Waals surface area contributed by atoms with Crippen LogP contribution in [0.4, 0.5) is 11.8 Å². The average Bonchev–Trinajstić information content (AvgIpc) is 3.44. The van der Waals surface area contributed by atoms with Crippen LogP contribution in [0, 0.1) is 0 Å². The fraction of sp³-hybridized carbons (Fsp3) is 0.292. The number of aromatic nitrogens is 6. The first-order chi connectivity index (χ1) is 16.3. The van der Waals surface area contributed by atoms with Crippen LogP contribution in [-0.4, -0.2) is 62.6 Å². The molecule has 0 N–H and O–H groups in total. The Hall–Kier alpha value is -3.85. The molecule has 0 aliphatic carbocycles. The summed E-state index contributed by atoms with van der Waals surface area (Å²) in [5.41, 5.74) is 4.25. The van der Waals surface area contributed by atoms with Crippen LogP contribution in [0.25, 0.3) is 17.1 Å². The molecule has 1 aromatic carbocycles. The lowest BCUT2D eigenvalue weighted by molar-refractivity contribution is 0.122. The van der Waals surface area contributed by atoms with E-state index in [1.54, 1.807) is 18.6 Å². The summed E-state index contributed by atoms with van der Waals surface area (Å²) >= 11 is 0. The summed E-state index contributed by atoms with van der Waals surface area (Å²) in [6.07, 6.45) is 8.13. The molecule has 0 saturated carbocycles. The zero-order valence-corrected chi connectivity index (χ0v) is 18.2. The number of morpholine rings is 1. The van der Waals surface area contributed by atoms with Crippen LogP contribution in [0.2, 0.25) is 0 Å². The van der Waals surface area contributed by atoms with Crippen molar-refractivity contribution >= 4 is 11.8 Å². The Morgan fingerprint density at radius 3 is 2.39 bits per heavy atom. The molecule has 0 bridgehead atoms. The van der Waals surface area contributed by atoms with Crippen molar-refractivity contribution in [1.82, 2.24) is 29.7 Å². The van der Waals surface area contributed by atoms with Gasteiger partial charge in [-0.1, -0.05) is 0 Å². The SMILES string of the molecule is c1cnc(N2CCc3c(nc(-c4ccc(-n5cccn5)cc4)nc3N3CCOCC3)C2)nc1. The van der Waals surface area contributed by atoms with Crippen LogP contribution in [0.15, 0.2) is 61.2 Å². The molecule has 9 nitrogen and oxygen atoms in total. The fourth-order valence-corrected chi connectivity index (χ4v) is 4.39. The molecule has 33 heavy (non-hydrogen) atoms. The highest BCUT2D eigenvalue weighted by molar-refractivity contribution is 5.63. The minimum absolute atomic E-state index is 0.664. The normalized spacial score (nSPS) is 16.0. The molecule has 0 atom stereocenters. The van der Waals surface area contributed by atoms with Gasteiger partial charge in [0.25, 0.3) is 0 Å². The Kier molecular flexibility index (Phi) is 5.16. The lowest BCUT2D eigenvalue weighted by Crippen LogP contribution is -2.39. The minimum Gasteiger partial charge on any atom is -0.378 e. The van der Waals surface area contributed by atoms with E-state index in [9.17, 15) is 0 Å². The van der Waals surface area contributed by atoms with E-state index in [1.165, 1.54) is 5.56 Å². The zero-order chi connectivity index (χ0) is 22.0. The van der Waals surface area contributed by atoms with Crippen LogP contribution in [0.5, 0.6) is 0 Å². The van der Waals surface area contributed by atoms with E-state index in [1.807, 2.05) is 35.1 Å². The predicted octanol–water partition coefficient (Wildman–Crippen LogP) is 2.52. The van der Waals surface area contributed by atoms with E-state index in [4.69, 9.17) is 14.7 Å².